The fourth-order valence-corrected chi connectivity index (χ4v) is 1.95. The zero-order valence-corrected chi connectivity index (χ0v) is 8.42. The van der Waals surface area contributed by atoms with Crippen LogP contribution in [0.4, 0.5) is 0 Å². The van der Waals surface area contributed by atoms with E-state index in [4.69, 9.17) is 6.57 Å². The molecule has 0 unspecified atom stereocenters. The van der Waals surface area contributed by atoms with E-state index < -0.39 is 0 Å². The molecule has 2 rings (SSSR count). The van der Waals surface area contributed by atoms with E-state index in [-0.39, 0.29) is 0 Å². The van der Waals surface area contributed by atoms with Crippen molar-refractivity contribution in [2.24, 2.45) is 0 Å². The molecule has 0 aromatic heterocycles. The van der Waals surface area contributed by atoms with E-state index >= 15 is 0 Å². The molecule has 0 heterocycles. The van der Waals surface area contributed by atoms with Crippen molar-refractivity contribution in [2.75, 3.05) is 5.88 Å². The molecule has 1 nitrogen and oxygen atoms in total. The Balaban J connectivity index is 2.37. The van der Waals surface area contributed by atoms with Gasteiger partial charge in [0.1, 0.15) is 0 Å². The van der Waals surface area contributed by atoms with Crippen molar-refractivity contribution in [3.8, 4) is 0 Å². The van der Waals surface area contributed by atoms with Crippen LogP contribution < -0.4 is 0 Å². The quantitative estimate of drug-likeness (QED) is 0.525. The van der Waals surface area contributed by atoms with E-state index in [9.17, 15) is 0 Å². The third kappa shape index (κ3) is 1.89. The van der Waals surface area contributed by atoms with Crippen molar-refractivity contribution in [2.45, 2.75) is 4.90 Å². The SMILES string of the molecule is [C-]#[N+]CSc1ccc2ccccc2c1. The number of thioether (sulfide) groups is 1. The Kier molecular flexibility index (Phi) is 2.71. The Morgan fingerprint density at radius 1 is 1.07 bits per heavy atom. The van der Waals surface area contributed by atoms with Gasteiger partial charge in [-0.05, 0) is 34.7 Å². The molecule has 0 aliphatic carbocycles. The van der Waals surface area contributed by atoms with Crippen molar-refractivity contribution >= 4 is 22.5 Å². The summed E-state index contributed by atoms with van der Waals surface area (Å²) < 4.78 is 0. The van der Waals surface area contributed by atoms with Crippen LogP contribution in [-0.4, -0.2) is 5.88 Å². The van der Waals surface area contributed by atoms with Crippen LogP contribution in [0, 0.1) is 6.57 Å². The number of benzene rings is 2. The number of rotatable bonds is 2. The maximum atomic E-state index is 6.72. The highest BCUT2D eigenvalue weighted by molar-refractivity contribution is 7.99. The van der Waals surface area contributed by atoms with Crippen molar-refractivity contribution in [1.29, 1.82) is 0 Å². The fraction of sp³-hybridized carbons (Fsp3) is 0.0833. The van der Waals surface area contributed by atoms with Gasteiger partial charge in [-0.3, -0.25) is 0 Å². The summed E-state index contributed by atoms with van der Waals surface area (Å²) in [5.41, 5.74) is 0. The van der Waals surface area contributed by atoms with Gasteiger partial charge in [-0.1, -0.05) is 30.3 Å². The van der Waals surface area contributed by atoms with Crippen LogP contribution in [0.2, 0.25) is 0 Å². The predicted molar refractivity (Wildman–Crippen MR) is 61.3 cm³/mol. The topological polar surface area (TPSA) is 4.36 Å². The highest BCUT2D eigenvalue weighted by atomic mass is 32.2. The fourth-order valence-electron chi connectivity index (χ4n) is 1.36. The molecule has 0 bridgehead atoms. The first-order chi connectivity index (χ1) is 6.90. The van der Waals surface area contributed by atoms with Crippen molar-refractivity contribution in [1.82, 2.24) is 0 Å². The van der Waals surface area contributed by atoms with Gasteiger partial charge in [-0.15, -0.1) is 0 Å². The van der Waals surface area contributed by atoms with Crippen molar-refractivity contribution < 1.29 is 0 Å². The van der Waals surface area contributed by atoms with Crippen LogP contribution >= 0.6 is 11.8 Å². The van der Waals surface area contributed by atoms with E-state index in [2.05, 4.69) is 35.2 Å². The third-order valence-corrected chi connectivity index (χ3v) is 2.86. The van der Waals surface area contributed by atoms with Crippen molar-refractivity contribution in [3.63, 3.8) is 0 Å². The second kappa shape index (κ2) is 4.17. The number of hydrogen-bond donors (Lipinski definition) is 0. The van der Waals surface area contributed by atoms with Gasteiger partial charge in [0.05, 0.1) is 0 Å². The Hall–Kier alpha value is -1.46. The van der Waals surface area contributed by atoms with Crippen LogP contribution in [0.5, 0.6) is 0 Å². The molecule has 0 saturated carbocycles. The molecule has 68 valence electrons. The minimum Gasteiger partial charge on any atom is -0.305 e. The van der Waals surface area contributed by atoms with E-state index in [1.807, 2.05) is 12.1 Å². The first kappa shape index (κ1) is 9.11. The predicted octanol–water partition coefficient (Wildman–Crippen LogP) is 3.81. The molecule has 0 aliphatic rings. The zero-order chi connectivity index (χ0) is 9.80. The van der Waals surface area contributed by atoms with Crippen LogP contribution in [0.1, 0.15) is 0 Å². The molecular formula is C12H9NS. The molecule has 0 fully saturated rings. The highest BCUT2D eigenvalue weighted by Crippen LogP contribution is 2.23. The highest BCUT2D eigenvalue weighted by Gasteiger charge is 1.97. The number of hydrogen-bond acceptors (Lipinski definition) is 1. The van der Waals surface area contributed by atoms with E-state index in [0.29, 0.717) is 5.88 Å². The number of fused-ring (bicyclic) bond motifs is 1. The molecule has 0 atom stereocenters. The van der Waals surface area contributed by atoms with E-state index in [1.165, 1.54) is 15.7 Å². The van der Waals surface area contributed by atoms with Crippen LogP contribution in [0.3, 0.4) is 0 Å². The van der Waals surface area contributed by atoms with Gasteiger partial charge in [0, 0.05) is 4.90 Å². The Labute approximate surface area is 87.6 Å². The lowest BCUT2D eigenvalue weighted by atomic mass is 10.1. The molecule has 2 heteroatoms. The standard InChI is InChI=1S/C12H9NS/c1-13-9-14-12-7-6-10-4-2-3-5-11(10)8-12/h2-8H,9H2. The monoisotopic (exact) mass is 199 g/mol. The minimum absolute atomic E-state index is 0.498. The molecule has 2 aromatic rings. The van der Waals surface area contributed by atoms with E-state index in [1.54, 1.807) is 11.8 Å². The average molecular weight is 199 g/mol. The molecular weight excluding hydrogens is 190 g/mol. The summed E-state index contributed by atoms with van der Waals surface area (Å²) in [7, 11) is 0. The molecule has 2 aromatic carbocycles. The third-order valence-electron chi connectivity index (χ3n) is 2.02. The van der Waals surface area contributed by atoms with E-state index in [0.717, 1.165) is 0 Å². The normalized spacial score (nSPS) is 9.93. The molecule has 0 radical (unpaired) electrons. The Morgan fingerprint density at radius 2 is 1.86 bits per heavy atom. The first-order valence-electron chi connectivity index (χ1n) is 4.35. The average Bonchev–Trinajstić information content (AvgIpc) is 2.26. The Morgan fingerprint density at radius 3 is 2.64 bits per heavy atom. The van der Waals surface area contributed by atoms with Gasteiger partial charge in [0.15, 0.2) is 0 Å². The number of nitrogens with zero attached hydrogens (tertiary/aromatic N) is 1. The van der Waals surface area contributed by atoms with Crippen LogP contribution in [0.25, 0.3) is 15.6 Å². The lowest BCUT2D eigenvalue weighted by molar-refractivity contribution is 1.50. The van der Waals surface area contributed by atoms with Gasteiger partial charge in [0.2, 0.25) is 0 Å². The van der Waals surface area contributed by atoms with Gasteiger partial charge in [-0.25, -0.2) is 6.57 Å². The lowest BCUT2D eigenvalue weighted by Gasteiger charge is -1.99. The molecule has 0 saturated heterocycles. The molecule has 0 N–H and O–H groups in total. The van der Waals surface area contributed by atoms with Gasteiger partial charge < -0.3 is 4.85 Å². The summed E-state index contributed by atoms with van der Waals surface area (Å²) in [5, 5.41) is 2.49. The van der Waals surface area contributed by atoms with Crippen molar-refractivity contribution in [3.05, 3.63) is 53.9 Å². The summed E-state index contributed by atoms with van der Waals surface area (Å²) in [5.74, 6) is 0.498. The summed E-state index contributed by atoms with van der Waals surface area (Å²) in [6.45, 7) is 6.72. The smallest absolute Gasteiger partial charge is 0.264 e. The second-order valence-electron chi connectivity index (χ2n) is 2.94. The molecule has 0 spiro atoms. The molecule has 14 heavy (non-hydrogen) atoms. The largest absolute Gasteiger partial charge is 0.305 e. The first-order valence-corrected chi connectivity index (χ1v) is 5.33. The summed E-state index contributed by atoms with van der Waals surface area (Å²) >= 11 is 1.58. The summed E-state index contributed by atoms with van der Waals surface area (Å²) in [6.07, 6.45) is 0. The minimum atomic E-state index is 0.498. The Bertz CT molecular complexity index is 485. The van der Waals surface area contributed by atoms with Crippen LogP contribution in [0.15, 0.2) is 47.4 Å². The summed E-state index contributed by atoms with van der Waals surface area (Å²) in [6, 6.07) is 14.6. The van der Waals surface area contributed by atoms with Gasteiger partial charge in [0.25, 0.3) is 5.88 Å². The lowest BCUT2D eigenvalue weighted by Crippen LogP contribution is -1.75. The molecule has 0 aliphatic heterocycles. The maximum absolute atomic E-state index is 6.72. The maximum Gasteiger partial charge on any atom is 0.264 e. The second-order valence-corrected chi connectivity index (χ2v) is 3.96. The molecule has 0 amide bonds. The van der Waals surface area contributed by atoms with Gasteiger partial charge >= 0.3 is 0 Å². The van der Waals surface area contributed by atoms with Crippen LogP contribution in [-0.2, 0) is 0 Å². The summed E-state index contributed by atoms with van der Waals surface area (Å²) in [4.78, 5) is 4.49. The van der Waals surface area contributed by atoms with Gasteiger partial charge in [-0.2, -0.15) is 0 Å². The zero-order valence-electron chi connectivity index (χ0n) is 7.60.